The molecule has 83 heavy (non-hydrogen) atoms. The summed E-state index contributed by atoms with van der Waals surface area (Å²) in [6.45, 7) is 41.9. The predicted octanol–water partition coefficient (Wildman–Crippen LogP) is 11.8. The number of aromatic nitrogens is 1. The zero-order valence-corrected chi connectivity index (χ0v) is 56.3. The average Bonchev–Trinajstić information content (AvgIpc) is 3.69. The van der Waals surface area contributed by atoms with Crippen LogP contribution in [0.5, 0.6) is 0 Å². The van der Waals surface area contributed by atoms with Crippen LogP contribution in [-0.4, -0.2) is 157 Å². The van der Waals surface area contributed by atoms with E-state index in [9.17, 15) is 33.6 Å². The Bertz CT molecular complexity index is 2070. The molecule has 3 saturated heterocycles. The second kappa shape index (κ2) is 44.7. The molecule has 3 aliphatic heterocycles. The first-order valence-corrected chi connectivity index (χ1v) is 31.9. The molecule has 17 heteroatoms. The van der Waals surface area contributed by atoms with E-state index in [0.717, 1.165) is 86.7 Å². The Kier molecular flexibility index (Phi) is 43.3. The summed E-state index contributed by atoms with van der Waals surface area (Å²) in [5.74, 6) is 1.28. The Morgan fingerprint density at radius 2 is 1.45 bits per heavy atom. The molecule has 3 N–H and O–H groups in total. The van der Waals surface area contributed by atoms with Gasteiger partial charge in [-0.05, 0) is 121 Å². The van der Waals surface area contributed by atoms with Gasteiger partial charge in [0.2, 0.25) is 30.5 Å². The molecule has 480 valence electrons. The minimum Gasteiger partial charge on any atom is -0.381 e. The van der Waals surface area contributed by atoms with E-state index in [0.29, 0.717) is 69.5 Å². The van der Waals surface area contributed by atoms with E-state index >= 15 is 0 Å². The van der Waals surface area contributed by atoms with Crippen molar-refractivity contribution in [2.75, 3.05) is 54.1 Å². The standard InChI is InChI=1S/C25H34N4O5.C18H34N2O2.C10H22O.C7H13NO2.3C2H6/c1-17(23(33-2)22-10-7-11-28(22)16-30)24(31)27-21(25(32)29-12-5-6-13-34-29)14-18-15-26-20-9-4-3-8-19(18)20;1-7-18(5)16(21)20(17(18)22)13-11-9-8-10-12-19(6)15(4)14(2)3;1-6-8(3)9(4)10(7-2)11-5;1-5(2)7(6(3)10)8-4-9;3*1-2/h3-4,8-9,15-17,21-23,26H,5-7,10-14H2,1-2H3,(H,27,31);14-15H,7-13H2,1-6H3;8-10H,6-7H2,1-5H3;4-5,7H,1-3H3,(H,8,9);3*1-2H3/t17?,21-,22?,23?;;;7-;;;/m0..0.../s1. The van der Waals surface area contributed by atoms with Crippen molar-refractivity contribution in [2.24, 2.45) is 35.0 Å². The van der Waals surface area contributed by atoms with Crippen molar-refractivity contribution >= 4 is 53.1 Å². The van der Waals surface area contributed by atoms with Crippen LogP contribution in [0, 0.1) is 35.0 Å². The number of ether oxygens (including phenoxy) is 2. The molecule has 5 rings (SSSR count). The highest BCUT2D eigenvalue weighted by Crippen LogP contribution is 2.36. The number of imide groups is 1. The van der Waals surface area contributed by atoms with Gasteiger partial charge in [0.1, 0.15) is 11.5 Å². The van der Waals surface area contributed by atoms with Crippen molar-refractivity contribution in [1.29, 1.82) is 0 Å². The Morgan fingerprint density at radius 1 is 0.831 bits per heavy atom. The van der Waals surface area contributed by atoms with Crippen molar-refractivity contribution in [3.05, 3.63) is 36.0 Å². The number of Topliss-reactive ketones (excluding diaryl/α,β-unsaturated/α-hetero) is 1. The fraction of sp³-hybridized carbons (Fsp3) is 0.773. The topological polar surface area (TPSA) is 200 Å². The van der Waals surface area contributed by atoms with Crippen LogP contribution in [0.2, 0.25) is 0 Å². The third kappa shape index (κ3) is 25.8. The minimum atomic E-state index is -0.782. The largest absolute Gasteiger partial charge is 0.381 e. The van der Waals surface area contributed by atoms with Crippen LogP contribution in [0.4, 0.5) is 0 Å². The lowest BCUT2D eigenvalue weighted by Crippen LogP contribution is -2.64. The monoisotopic (exact) mass is 1170 g/mol. The number of likely N-dealkylation sites (tertiary alicyclic amines) is 2. The molecule has 4 heterocycles. The van der Waals surface area contributed by atoms with E-state index in [1.165, 1.54) is 29.7 Å². The van der Waals surface area contributed by atoms with Gasteiger partial charge in [-0.1, -0.05) is 148 Å². The fourth-order valence-corrected chi connectivity index (χ4v) is 10.4. The molecule has 0 spiro atoms. The van der Waals surface area contributed by atoms with Crippen LogP contribution in [0.1, 0.15) is 208 Å². The molecule has 2 aromatic rings. The first-order valence-electron chi connectivity index (χ1n) is 31.9. The number of H-pyrrole nitrogens is 1. The molecule has 0 saturated carbocycles. The molecule has 3 aliphatic rings. The maximum absolute atomic E-state index is 13.4. The minimum absolute atomic E-state index is 0.00194. The van der Waals surface area contributed by atoms with E-state index in [1.807, 2.05) is 99.9 Å². The van der Waals surface area contributed by atoms with Crippen molar-refractivity contribution < 1.29 is 47.9 Å². The number of para-hydroxylation sites is 1. The summed E-state index contributed by atoms with van der Waals surface area (Å²) in [6.07, 6.45) is 14.4. The molecule has 1 aromatic heterocycles. The third-order valence-electron chi connectivity index (χ3n) is 16.6. The van der Waals surface area contributed by atoms with Crippen LogP contribution in [0.3, 0.4) is 0 Å². The summed E-state index contributed by atoms with van der Waals surface area (Å²) in [5.41, 5.74) is 1.20. The van der Waals surface area contributed by atoms with Crippen molar-refractivity contribution in [3.63, 3.8) is 0 Å². The SMILES string of the molecule is CC.CC.CC.CC(=O)[C@@H](NC=O)C(C)C.CCC(C)C(C)C(CC)OC.CCC1(C)C(=O)N(CCCCCCN(C)C(C)C(C)C)C1=O.COC(C(C)C(=O)N[C@@H](Cc1c[nH]c2ccccc12)C(=O)N1CCCCO1)C1CCCN1C=O. The number of methoxy groups -OCH3 is 2. The molecule has 3 fully saturated rings. The van der Waals surface area contributed by atoms with E-state index in [4.69, 9.17) is 14.3 Å². The van der Waals surface area contributed by atoms with Crippen LogP contribution >= 0.6 is 0 Å². The number of nitrogens with zero attached hydrogens (tertiary/aromatic N) is 4. The second-order valence-electron chi connectivity index (χ2n) is 22.5. The number of unbranched alkanes of at least 4 members (excludes halogenated alkanes) is 3. The maximum Gasteiger partial charge on any atom is 0.269 e. The van der Waals surface area contributed by atoms with E-state index in [-0.39, 0.29) is 47.4 Å². The van der Waals surface area contributed by atoms with Crippen LogP contribution in [0.15, 0.2) is 30.5 Å². The Hall–Kier alpha value is -4.71. The number of carbonyl (C=O) groups is 7. The second-order valence-corrected chi connectivity index (χ2v) is 22.5. The van der Waals surface area contributed by atoms with Crippen LogP contribution < -0.4 is 10.6 Å². The smallest absolute Gasteiger partial charge is 0.269 e. The van der Waals surface area contributed by atoms with Gasteiger partial charge in [-0.2, -0.15) is 0 Å². The van der Waals surface area contributed by atoms with Gasteiger partial charge in [-0.3, -0.25) is 43.3 Å². The number of nitrogens with one attached hydrogen (secondary N) is 3. The molecule has 1 aromatic carbocycles. The predicted molar refractivity (Wildman–Crippen MR) is 339 cm³/mol. The molecule has 9 atom stereocenters. The molecule has 0 bridgehead atoms. The van der Waals surface area contributed by atoms with Gasteiger partial charge in [0.15, 0.2) is 5.78 Å². The fourth-order valence-electron chi connectivity index (χ4n) is 10.4. The molecule has 0 aliphatic carbocycles. The number of amides is 6. The van der Waals surface area contributed by atoms with Gasteiger partial charge in [0.05, 0.1) is 36.8 Å². The molecule has 6 amide bonds. The van der Waals surface area contributed by atoms with Gasteiger partial charge in [-0.15, -0.1) is 0 Å². The van der Waals surface area contributed by atoms with Crippen molar-refractivity contribution in [3.8, 4) is 0 Å². The lowest BCUT2D eigenvalue weighted by atomic mass is 9.77. The Balaban J connectivity index is 0. The molecule has 7 unspecified atom stereocenters. The van der Waals surface area contributed by atoms with Crippen LogP contribution in [0.25, 0.3) is 10.9 Å². The summed E-state index contributed by atoms with van der Waals surface area (Å²) >= 11 is 0. The van der Waals surface area contributed by atoms with Gasteiger partial charge >= 0.3 is 0 Å². The molecular weight excluding hydrogens is 1050 g/mol. The van der Waals surface area contributed by atoms with Gasteiger partial charge < -0.3 is 34.9 Å². The average molecular weight is 1170 g/mol. The number of hydroxylamine groups is 2. The summed E-state index contributed by atoms with van der Waals surface area (Å²) in [4.78, 5) is 97.3. The zero-order valence-electron chi connectivity index (χ0n) is 56.3. The number of rotatable bonds is 28. The normalized spacial score (nSPS) is 18.1. The number of aromatic amines is 1. The quantitative estimate of drug-likeness (QED) is 0.0317. The Labute approximate surface area is 504 Å². The Morgan fingerprint density at radius 3 is 1.93 bits per heavy atom. The van der Waals surface area contributed by atoms with E-state index in [2.05, 4.69) is 76.0 Å². The first-order chi connectivity index (χ1) is 39.5. The summed E-state index contributed by atoms with van der Waals surface area (Å²) in [5, 5.41) is 7.83. The van der Waals surface area contributed by atoms with Crippen molar-refractivity contribution in [2.45, 2.75) is 245 Å². The van der Waals surface area contributed by atoms with Gasteiger partial charge in [0.25, 0.3) is 5.91 Å². The van der Waals surface area contributed by atoms with Crippen LogP contribution in [-0.2, 0) is 54.3 Å². The lowest BCUT2D eigenvalue weighted by Gasteiger charge is -2.43. The summed E-state index contributed by atoms with van der Waals surface area (Å²) < 4.78 is 11.1. The maximum atomic E-state index is 13.4. The molecular formula is C66H121N7O10. The van der Waals surface area contributed by atoms with E-state index < -0.39 is 23.5 Å². The molecule has 0 radical (unpaired) electrons. The van der Waals surface area contributed by atoms with Gasteiger partial charge in [0, 0.05) is 63.4 Å². The highest BCUT2D eigenvalue weighted by atomic mass is 16.7. The number of benzene rings is 1. The van der Waals surface area contributed by atoms with E-state index in [1.54, 1.807) is 25.9 Å². The number of hydrogen-bond donors (Lipinski definition) is 3. The first kappa shape index (κ1) is 80.4. The third-order valence-corrected chi connectivity index (χ3v) is 16.6. The number of hydrogen-bond acceptors (Lipinski definition) is 11. The van der Waals surface area contributed by atoms with Crippen molar-refractivity contribution in [1.82, 2.24) is 35.4 Å². The van der Waals surface area contributed by atoms with Gasteiger partial charge in [-0.25, -0.2) is 5.06 Å². The number of carbonyl (C=O) groups excluding carboxylic acids is 7. The summed E-state index contributed by atoms with van der Waals surface area (Å²) in [6, 6.07) is 7.24. The molecule has 17 nitrogen and oxygen atoms in total. The summed E-state index contributed by atoms with van der Waals surface area (Å²) in [7, 11) is 5.56. The zero-order chi connectivity index (χ0) is 64.0. The number of ketones is 1. The lowest BCUT2D eigenvalue weighted by molar-refractivity contribution is -0.199. The highest BCUT2D eigenvalue weighted by molar-refractivity contribution is 6.21. The number of β-lactam (4-membered cyclic amide) rings is 2. The number of fused-ring (bicyclic) bond motifs is 1. The highest BCUT2D eigenvalue weighted by Gasteiger charge is 2.55.